The second kappa shape index (κ2) is 4.52. The van der Waals surface area contributed by atoms with E-state index in [1.165, 1.54) is 0 Å². The zero-order chi connectivity index (χ0) is 11.5. The van der Waals surface area contributed by atoms with Crippen LogP contribution in [0, 0.1) is 0 Å². The first kappa shape index (κ1) is 10.9. The Bertz CT molecular complexity index is 350. The Morgan fingerprint density at radius 3 is 3.00 bits per heavy atom. The lowest BCUT2D eigenvalue weighted by molar-refractivity contribution is 0.0820. The molecule has 1 unspecified atom stereocenters. The molecule has 0 aromatic carbocycles. The molecule has 0 saturated carbocycles. The summed E-state index contributed by atoms with van der Waals surface area (Å²) in [5.41, 5.74) is 11.2. The highest BCUT2D eigenvalue weighted by atomic mass is 16.5. The van der Waals surface area contributed by atoms with Crippen LogP contribution in [-0.4, -0.2) is 35.8 Å². The summed E-state index contributed by atoms with van der Waals surface area (Å²) in [7, 11) is 0. The van der Waals surface area contributed by atoms with E-state index in [0.29, 0.717) is 5.82 Å². The number of nitrogens with zero attached hydrogens (tertiary/aromatic N) is 3. The van der Waals surface area contributed by atoms with Crippen molar-refractivity contribution in [3.63, 3.8) is 0 Å². The number of hydrogen-bond acceptors (Lipinski definition) is 6. The molecule has 4 N–H and O–H groups in total. The lowest BCUT2D eigenvalue weighted by Crippen LogP contribution is -2.31. The molecule has 0 bridgehead atoms. The Balaban J connectivity index is 2.21. The van der Waals surface area contributed by atoms with Crippen molar-refractivity contribution in [1.29, 1.82) is 0 Å². The van der Waals surface area contributed by atoms with Gasteiger partial charge < -0.3 is 21.1 Å². The van der Waals surface area contributed by atoms with Crippen LogP contribution in [0.1, 0.15) is 13.3 Å². The number of nitrogen functional groups attached to an aromatic ring is 2. The van der Waals surface area contributed by atoms with Crippen LogP contribution >= 0.6 is 0 Å². The summed E-state index contributed by atoms with van der Waals surface area (Å²) in [4.78, 5) is 10.2. The highest BCUT2D eigenvalue weighted by Crippen LogP contribution is 2.18. The third-order valence-corrected chi connectivity index (χ3v) is 2.53. The van der Waals surface area contributed by atoms with E-state index in [-0.39, 0.29) is 12.1 Å². The van der Waals surface area contributed by atoms with Crippen molar-refractivity contribution < 1.29 is 4.74 Å². The molecule has 1 aromatic rings. The van der Waals surface area contributed by atoms with E-state index >= 15 is 0 Å². The van der Waals surface area contributed by atoms with Gasteiger partial charge in [0.15, 0.2) is 0 Å². The van der Waals surface area contributed by atoms with Crippen LogP contribution in [0.2, 0.25) is 0 Å². The van der Waals surface area contributed by atoms with Crippen LogP contribution in [0.5, 0.6) is 0 Å². The topological polar surface area (TPSA) is 90.3 Å². The molecule has 1 aliphatic heterocycles. The molecular weight excluding hydrogens is 206 g/mol. The van der Waals surface area contributed by atoms with Crippen LogP contribution in [0.25, 0.3) is 0 Å². The summed E-state index contributed by atoms with van der Waals surface area (Å²) in [5.74, 6) is 1.40. The number of nitrogens with two attached hydrogens (primary N) is 2. The average molecular weight is 223 g/mol. The predicted molar refractivity (Wildman–Crippen MR) is 63.1 cm³/mol. The van der Waals surface area contributed by atoms with Crippen LogP contribution in [0.15, 0.2) is 6.07 Å². The smallest absolute Gasteiger partial charge is 0.223 e. The Morgan fingerprint density at radius 2 is 2.25 bits per heavy atom. The second-order valence-electron chi connectivity index (χ2n) is 3.99. The van der Waals surface area contributed by atoms with E-state index in [2.05, 4.69) is 14.9 Å². The Morgan fingerprint density at radius 1 is 1.44 bits per heavy atom. The molecule has 0 aliphatic carbocycles. The zero-order valence-corrected chi connectivity index (χ0v) is 9.39. The summed E-state index contributed by atoms with van der Waals surface area (Å²) >= 11 is 0. The summed E-state index contributed by atoms with van der Waals surface area (Å²) in [6, 6.07) is 1.74. The molecule has 1 saturated heterocycles. The van der Waals surface area contributed by atoms with Gasteiger partial charge in [-0.2, -0.15) is 9.97 Å². The van der Waals surface area contributed by atoms with Gasteiger partial charge in [-0.15, -0.1) is 0 Å². The molecule has 88 valence electrons. The Labute approximate surface area is 94.6 Å². The molecule has 1 atom stereocenters. The summed E-state index contributed by atoms with van der Waals surface area (Å²) in [5, 5.41) is 0. The fourth-order valence-electron chi connectivity index (χ4n) is 1.84. The van der Waals surface area contributed by atoms with Crippen molar-refractivity contribution in [2.24, 2.45) is 0 Å². The van der Waals surface area contributed by atoms with Crippen LogP contribution < -0.4 is 16.4 Å². The van der Waals surface area contributed by atoms with Crippen molar-refractivity contribution in [2.45, 2.75) is 19.4 Å². The van der Waals surface area contributed by atoms with Crippen molar-refractivity contribution in [3.05, 3.63) is 6.07 Å². The van der Waals surface area contributed by atoms with E-state index in [4.69, 9.17) is 16.2 Å². The first-order valence-corrected chi connectivity index (χ1v) is 5.42. The second-order valence-corrected chi connectivity index (χ2v) is 3.99. The molecule has 6 heteroatoms. The largest absolute Gasteiger partial charge is 0.383 e. The third-order valence-electron chi connectivity index (χ3n) is 2.53. The molecule has 2 heterocycles. The highest BCUT2D eigenvalue weighted by Gasteiger charge is 2.17. The van der Waals surface area contributed by atoms with Gasteiger partial charge in [0.1, 0.15) is 11.6 Å². The summed E-state index contributed by atoms with van der Waals surface area (Å²) < 4.78 is 5.57. The molecule has 0 spiro atoms. The number of rotatable bonds is 1. The van der Waals surface area contributed by atoms with Gasteiger partial charge in [-0.05, 0) is 13.3 Å². The summed E-state index contributed by atoms with van der Waals surface area (Å²) in [6.45, 7) is 4.54. The molecule has 16 heavy (non-hydrogen) atoms. The lowest BCUT2D eigenvalue weighted by Gasteiger charge is -2.23. The van der Waals surface area contributed by atoms with Crippen molar-refractivity contribution >= 4 is 17.6 Å². The SMILES string of the molecule is CC1CN(c2cc(N)nc(N)n2)CCCO1. The normalized spacial score (nSPS) is 21.8. The molecule has 1 aromatic heterocycles. The first-order chi connectivity index (χ1) is 7.65. The van der Waals surface area contributed by atoms with Crippen molar-refractivity contribution in [2.75, 3.05) is 36.1 Å². The standard InChI is InChI=1S/C10H17N5O/c1-7-6-15(3-2-4-16-7)9-5-8(11)13-10(12)14-9/h5,7H,2-4,6H2,1H3,(H4,11,12,13,14). The maximum Gasteiger partial charge on any atom is 0.223 e. The number of anilines is 3. The number of hydrogen-bond donors (Lipinski definition) is 2. The predicted octanol–water partition coefficient (Wildman–Crippen LogP) is 0.256. The minimum absolute atomic E-state index is 0.194. The van der Waals surface area contributed by atoms with E-state index in [1.807, 2.05) is 6.92 Å². The quantitative estimate of drug-likeness (QED) is 0.709. The van der Waals surface area contributed by atoms with Gasteiger partial charge in [0, 0.05) is 25.8 Å². The zero-order valence-electron chi connectivity index (χ0n) is 9.39. The lowest BCUT2D eigenvalue weighted by atomic mass is 10.3. The fraction of sp³-hybridized carbons (Fsp3) is 0.600. The number of aromatic nitrogens is 2. The van der Waals surface area contributed by atoms with Crippen LogP contribution in [-0.2, 0) is 4.74 Å². The van der Waals surface area contributed by atoms with Gasteiger partial charge in [-0.3, -0.25) is 0 Å². The third kappa shape index (κ3) is 2.52. The fourth-order valence-corrected chi connectivity index (χ4v) is 1.84. The van der Waals surface area contributed by atoms with E-state index in [1.54, 1.807) is 6.07 Å². The van der Waals surface area contributed by atoms with Gasteiger partial charge in [-0.25, -0.2) is 0 Å². The highest BCUT2D eigenvalue weighted by molar-refractivity contribution is 5.50. The minimum atomic E-state index is 0.194. The van der Waals surface area contributed by atoms with Crippen molar-refractivity contribution in [3.8, 4) is 0 Å². The Kier molecular flexibility index (Phi) is 3.09. The first-order valence-electron chi connectivity index (χ1n) is 5.42. The van der Waals surface area contributed by atoms with E-state index in [0.717, 1.165) is 31.9 Å². The molecule has 6 nitrogen and oxygen atoms in total. The van der Waals surface area contributed by atoms with Crippen molar-refractivity contribution in [1.82, 2.24) is 9.97 Å². The molecule has 1 fully saturated rings. The van der Waals surface area contributed by atoms with E-state index < -0.39 is 0 Å². The summed E-state index contributed by atoms with van der Waals surface area (Å²) in [6.07, 6.45) is 1.17. The maximum absolute atomic E-state index is 5.65. The van der Waals surface area contributed by atoms with E-state index in [9.17, 15) is 0 Å². The number of ether oxygens (including phenoxy) is 1. The maximum atomic E-state index is 5.65. The van der Waals surface area contributed by atoms with Gasteiger partial charge >= 0.3 is 0 Å². The minimum Gasteiger partial charge on any atom is -0.383 e. The van der Waals surface area contributed by atoms with Crippen LogP contribution in [0.4, 0.5) is 17.6 Å². The molecule has 0 radical (unpaired) electrons. The van der Waals surface area contributed by atoms with Crippen LogP contribution in [0.3, 0.4) is 0 Å². The van der Waals surface area contributed by atoms with Gasteiger partial charge in [-0.1, -0.05) is 0 Å². The average Bonchev–Trinajstić information content (AvgIpc) is 2.41. The Hall–Kier alpha value is -1.56. The molecular formula is C10H17N5O. The monoisotopic (exact) mass is 223 g/mol. The van der Waals surface area contributed by atoms with Gasteiger partial charge in [0.05, 0.1) is 6.10 Å². The van der Waals surface area contributed by atoms with Gasteiger partial charge in [0.25, 0.3) is 0 Å². The van der Waals surface area contributed by atoms with Gasteiger partial charge in [0.2, 0.25) is 5.95 Å². The molecule has 1 aliphatic rings. The molecule has 2 rings (SSSR count). The molecule has 0 amide bonds.